The summed E-state index contributed by atoms with van der Waals surface area (Å²) in [6, 6.07) is 7.78. The second-order valence-corrected chi connectivity index (χ2v) is 5.50. The molecule has 2 unspecified atom stereocenters. The average molecular weight is 264 g/mol. The van der Waals surface area contributed by atoms with Crippen LogP contribution in [0.4, 0.5) is 0 Å². The van der Waals surface area contributed by atoms with Gasteiger partial charge in [-0.25, -0.2) is 0 Å². The third-order valence-corrected chi connectivity index (χ3v) is 3.69. The van der Waals surface area contributed by atoms with Crippen molar-refractivity contribution in [2.45, 2.75) is 18.6 Å². The predicted molar refractivity (Wildman–Crippen MR) is 76.5 cm³/mol. The van der Waals surface area contributed by atoms with Crippen LogP contribution in [0.25, 0.3) is 0 Å². The molecular formula is C15H24N2O2. The van der Waals surface area contributed by atoms with Crippen molar-refractivity contribution < 1.29 is 9.84 Å². The zero-order chi connectivity index (χ0) is 13.8. The van der Waals surface area contributed by atoms with Crippen LogP contribution in [0.2, 0.25) is 0 Å². The Morgan fingerprint density at radius 3 is 2.68 bits per heavy atom. The van der Waals surface area contributed by atoms with E-state index < -0.39 is 6.10 Å². The van der Waals surface area contributed by atoms with Gasteiger partial charge in [-0.15, -0.1) is 0 Å². The van der Waals surface area contributed by atoms with E-state index in [1.807, 2.05) is 24.3 Å². The minimum Gasteiger partial charge on any atom is -0.491 e. The first-order valence-electron chi connectivity index (χ1n) is 6.84. The van der Waals surface area contributed by atoms with Crippen molar-refractivity contribution >= 4 is 0 Å². The molecule has 106 valence electrons. The zero-order valence-electron chi connectivity index (χ0n) is 12.0. The van der Waals surface area contributed by atoms with E-state index >= 15 is 0 Å². The van der Waals surface area contributed by atoms with E-state index in [0.717, 1.165) is 30.8 Å². The lowest BCUT2D eigenvalue weighted by molar-refractivity contribution is 0.0142. The van der Waals surface area contributed by atoms with E-state index in [1.165, 1.54) is 0 Å². The molecule has 0 fully saturated rings. The maximum atomic E-state index is 10.5. The van der Waals surface area contributed by atoms with Gasteiger partial charge in [0.05, 0.1) is 6.04 Å². The summed E-state index contributed by atoms with van der Waals surface area (Å²) >= 11 is 0. The number of nitrogens with zero attached hydrogens (tertiary/aromatic N) is 2. The van der Waals surface area contributed by atoms with Gasteiger partial charge in [0.15, 0.2) is 0 Å². The number of aliphatic hydroxyl groups is 1. The molecule has 0 bridgehead atoms. The molecule has 4 nitrogen and oxygen atoms in total. The van der Waals surface area contributed by atoms with Gasteiger partial charge in [-0.2, -0.15) is 0 Å². The number of likely N-dealkylation sites (N-methyl/N-ethyl adjacent to an activating group) is 1. The fourth-order valence-electron chi connectivity index (χ4n) is 2.50. The van der Waals surface area contributed by atoms with Crippen molar-refractivity contribution in [2.75, 3.05) is 40.8 Å². The van der Waals surface area contributed by atoms with Gasteiger partial charge in [0.1, 0.15) is 18.5 Å². The summed E-state index contributed by atoms with van der Waals surface area (Å²) in [5.74, 6) is 0.813. The molecular weight excluding hydrogens is 240 g/mol. The van der Waals surface area contributed by atoms with E-state index in [-0.39, 0.29) is 6.04 Å². The molecule has 0 amide bonds. The number of hydrogen-bond donors (Lipinski definition) is 1. The molecule has 2 rings (SSSR count). The van der Waals surface area contributed by atoms with Crippen molar-refractivity contribution in [3.8, 4) is 5.75 Å². The molecule has 4 heteroatoms. The van der Waals surface area contributed by atoms with Gasteiger partial charge in [-0.3, -0.25) is 4.90 Å². The first-order valence-corrected chi connectivity index (χ1v) is 6.84. The van der Waals surface area contributed by atoms with Gasteiger partial charge in [0.2, 0.25) is 0 Å². The molecule has 1 N–H and O–H groups in total. The van der Waals surface area contributed by atoms with Crippen LogP contribution >= 0.6 is 0 Å². The largest absolute Gasteiger partial charge is 0.491 e. The number of fused-ring (bicyclic) bond motifs is 1. The number of para-hydroxylation sites is 1. The van der Waals surface area contributed by atoms with Crippen LogP contribution in [0.3, 0.4) is 0 Å². The third-order valence-electron chi connectivity index (χ3n) is 3.69. The third kappa shape index (κ3) is 3.47. The molecule has 0 saturated heterocycles. The Morgan fingerprint density at radius 2 is 1.95 bits per heavy atom. The molecule has 1 aromatic rings. The van der Waals surface area contributed by atoms with Crippen LogP contribution in [-0.4, -0.2) is 61.8 Å². The minimum absolute atomic E-state index is 0.0389. The molecule has 1 aromatic carbocycles. The molecule has 19 heavy (non-hydrogen) atoms. The lowest BCUT2D eigenvalue weighted by atomic mass is 9.98. The van der Waals surface area contributed by atoms with Gasteiger partial charge in [0, 0.05) is 5.56 Å². The van der Waals surface area contributed by atoms with E-state index in [9.17, 15) is 5.11 Å². The van der Waals surface area contributed by atoms with Crippen LogP contribution < -0.4 is 4.74 Å². The van der Waals surface area contributed by atoms with Crippen LogP contribution in [0.15, 0.2) is 24.3 Å². The van der Waals surface area contributed by atoms with E-state index in [1.54, 1.807) is 0 Å². The number of hydrogen-bond acceptors (Lipinski definition) is 4. The zero-order valence-corrected chi connectivity index (χ0v) is 12.0. The Labute approximate surface area is 115 Å². The van der Waals surface area contributed by atoms with Gasteiger partial charge < -0.3 is 14.7 Å². The smallest absolute Gasteiger partial charge is 0.125 e. The summed E-state index contributed by atoms with van der Waals surface area (Å²) in [6.07, 6.45) is 0.628. The average Bonchev–Trinajstić information content (AvgIpc) is 2.39. The number of benzene rings is 1. The highest BCUT2D eigenvalue weighted by molar-refractivity contribution is 5.37. The van der Waals surface area contributed by atoms with Gasteiger partial charge in [0.25, 0.3) is 0 Å². The highest BCUT2D eigenvalue weighted by Gasteiger charge is 2.31. The summed E-state index contributed by atoms with van der Waals surface area (Å²) in [7, 11) is 6.21. The molecule has 0 spiro atoms. The van der Waals surface area contributed by atoms with Crippen molar-refractivity contribution in [3.63, 3.8) is 0 Å². The summed E-state index contributed by atoms with van der Waals surface area (Å²) in [5, 5.41) is 10.5. The molecule has 0 aliphatic carbocycles. The Bertz CT molecular complexity index is 409. The first-order chi connectivity index (χ1) is 9.09. The van der Waals surface area contributed by atoms with Crippen molar-refractivity contribution in [3.05, 3.63) is 29.8 Å². The van der Waals surface area contributed by atoms with Crippen molar-refractivity contribution in [1.82, 2.24) is 9.80 Å². The summed E-state index contributed by atoms with van der Waals surface area (Å²) in [5.41, 5.74) is 0.901. The SMILES string of the molecule is CN(C)CCCN(C)C1COc2ccccc2C1O. The molecule has 1 heterocycles. The Morgan fingerprint density at radius 1 is 1.21 bits per heavy atom. The highest BCUT2D eigenvalue weighted by atomic mass is 16.5. The topological polar surface area (TPSA) is 35.9 Å². The van der Waals surface area contributed by atoms with E-state index in [0.29, 0.717) is 6.61 Å². The second kappa shape index (κ2) is 6.37. The quantitative estimate of drug-likeness (QED) is 0.871. The van der Waals surface area contributed by atoms with Crippen LogP contribution in [-0.2, 0) is 0 Å². The molecule has 1 aliphatic rings. The summed E-state index contributed by atoms with van der Waals surface area (Å²) in [6.45, 7) is 2.58. The van der Waals surface area contributed by atoms with E-state index in [2.05, 4.69) is 30.9 Å². The summed E-state index contributed by atoms with van der Waals surface area (Å²) in [4.78, 5) is 4.38. The maximum absolute atomic E-state index is 10.5. The number of rotatable bonds is 5. The van der Waals surface area contributed by atoms with Crippen LogP contribution in [0, 0.1) is 0 Å². The molecule has 2 atom stereocenters. The standard InChI is InChI=1S/C15H24N2O2/c1-16(2)9-6-10-17(3)13-11-19-14-8-5-4-7-12(14)15(13)18/h4-5,7-8,13,15,18H,6,9-11H2,1-3H3. The highest BCUT2D eigenvalue weighted by Crippen LogP contribution is 2.33. The van der Waals surface area contributed by atoms with Gasteiger partial charge in [-0.1, -0.05) is 18.2 Å². The normalized spacial score (nSPS) is 22.4. The van der Waals surface area contributed by atoms with Gasteiger partial charge in [-0.05, 0) is 46.7 Å². The number of aliphatic hydroxyl groups excluding tert-OH is 1. The molecule has 0 radical (unpaired) electrons. The fraction of sp³-hybridized carbons (Fsp3) is 0.600. The lowest BCUT2D eigenvalue weighted by Gasteiger charge is -2.36. The maximum Gasteiger partial charge on any atom is 0.125 e. The summed E-state index contributed by atoms with van der Waals surface area (Å²) < 4.78 is 5.74. The first kappa shape index (κ1) is 14.3. The molecule has 0 saturated carbocycles. The lowest BCUT2D eigenvalue weighted by Crippen LogP contribution is -2.44. The van der Waals surface area contributed by atoms with Gasteiger partial charge >= 0.3 is 0 Å². The second-order valence-electron chi connectivity index (χ2n) is 5.50. The van der Waals surface area contributed by atoms with Crippen LogP contribution in [0.5, 0.6) is 5.75 Å². The fourth-order valence-corrected chi connectivity index (χ4v) is 2.50. The Balaban J connectivity index is 1.95. The van der Waals surface area contributed by atoms with E-state index in [4.69, 9.17) is 4.74 Å². The van der Waals surface area contributed by atoms with Crippen molar-refractivity contribution in [1.29, 1.82) is 0 Å². The number of ether oxygens (including phenoxy) is 1. The Hall–Kier alpha value is -1.10. The van der Waals surface area contributed by atoms with Crippen molar-refractivity contribution in [2.24, 2.45) is 0 Å². The molecule has 1 aliphatic heterocycles. The Kier molecular flexibility index (Phi) is 4.80. The van der Waals surface area contributed by atoms with Crippen LogP contribution in [0.1, 0.15) is 18.1 Å². The predicted octanol–water partition coefficient (Wildman–Crippen LogP) is 1.36. The molecule has 0 aromatic heterocycles. The minimum atomic E-state index is -0.464. The monoisotopic (exact) mass is 264 g/mol.